The average molecular weight is 351 g/mol. The van der Waals surface area contributed by atoms with Crippen LogP contribution in [-0.4, -0.2) is 24.1 Å². The van der Waals surface area contributed by atoms with Crippen molar-refractivity contribution in [3.63, 3.8) is 0 Å². The van der Waals surface area contributed by atoms with E-state index in [4.69, 9.17) is 11.6 Å². The number of nitriles is 1. The molecule has 3 rings (SSSR count). The highest BCUT2D eigenvalue weighted by atomic mass is 35.5. The molecule has 25 heavy (non-hydrogen) atoms. The molecule has 0 amide bonds. The van der Waals surface area contributed by atoms with Crippen LogP contribution in [0.5, 0.6) is 0 Å². The van der Waals surface area contributed by atoms with Gasteiger partial charge in [0.15, 0.2) is 5.82 Å². The van der Waals surface area contributed by atoms with E-state index in [2.05, 4.69) is 16.0 Å². The number of aromatic amines is 1. The number of halogens is 1. The van der Waals surface area contributed by atoms with Crippen LogP contribution < -0.4 is 10.5 Å². The summed E-state index contributed by atoms with van der Waals surface area (Å²) in [6.45, 7) is 0. The monoisotopic (exact) mass is 350 g/mol. The number of nitrogens with zero attached hydrogens (tertiary/aromatic N) is 3. The Bertz CT molecular complexity index is 1060. The molecule has 124 valence electrons. The van der Waals surface area contributed by atoms with E-state index in [0.29, 0.717) is 15.9 Å². The molecule has 0 fully saturated rings. The van der Waals surface area contributed by atoms with Crippen LogP contribution in [0, 0.1) is 11.3 Å². The van der Waals surface area contributed by atoms with Crippen molar-refractivity contribution in [3.05, 3.63) is 69.2 Å². The zero-order valence-corrected chi connectivity index (χ0v) is 14.5. The number of nitrogens with one attached hydrogen (secondary N) is 1. The number of rotatable bonds is 3. The second-order valence-electron chi connectivity index (χ2n) is 5.73. The van der Waals surface area contributed by atoms with E-state index in [1.165, 1.54) is 0 Å². The molecular formula is C19H15ClN4O. The molecule has 1 heterocycles. The lowest BCUT2D eigenvalue weighted by Gasteiger charge is -2.11. The average Bonchev–Trinajstić information content (AvgIpc) is 2.60. The van der Waals surface area contributed by atoms with Gasteiger partial charge in [0.2, 0.25) is 0 Å². The molecule has 0 unspecified atom stereocenters. The lowest BCUT2D eigenvalue weighted by atomic mass is 10.1. The third kappa shape index (κ3) is 3.54. The number of benzene rings is 2. The first-order valence-electron chi connectivity index (χ1n) is 7.57. The summed E-state index contributed by atoms with van der Waals surface area (Å²) in [7, 11) is 3.92. The van der Waals surface area contributed by atoms with Crippen LogP contribution in [0.3, 0.4) is 0 Å². The molecule has 6 heteroatoms. The molecule has 1 aromatic heterocycles. The number of allylic oxidation sites excluding steroid dienone is 1. The largest absolute Gasteiger partial charge is 0.378 e. The van der Waals surface area contributed by atoms with Gasteiger partial charge >= 0.3 is 0 Å². The van der Waals surface area contributed by atoms with Crippen molar-refractivity contribution >= 4 is 39.8 Å². The van der Waals surface area contributed by atoms with Crippen molar-refractivity contribution in [2.75, 3.05) is 19.0 Å². The standard InChI is InChI=1S/C19H15ClN4O/c1-24(2)15-6-3-12(4-7-15)9-13(11-21)18-22-17-8-5-14(20)10-16(17)19(25)23-18/h3-10H,1-2H3,(H,22,23,25)/b13-9+. The first kappa shape index (κ1) is 16.7. The van der Waals surface area contributed by atoms with Crippen LogP contribution in [0.2, 0.25) is 5.02 Å². The van der Waals surface area contributed by atoms with Gasteiger partial charge in [-0.25, -0.2) is 4.98 Å². The molecule has 3 aromatic rings. The van der Waals surface area contributed by atoms with E-state index < -0.39 is 0 Å². The van der Waals surface area contributed by atoms with E-state index in [1.54, 1.807) is 24.3 Å². The number of fused-ring (bicyclic) bond motifs is 1. The predicted octanol–water partition coefficient (Wildman–Crippen LogP) is 3.71. The Hall–Kier alpha value is -3.10. The van der Waals surface area contributed by atoms with Crippen LogP contribution in [0.4, 0.5) is 5.69 Å². The van der Waals surface area contributed by atoms with Crippen LogP contribution >= 0.6 is 11.6 Å². The van der Waals surface area contributed by atoms with Gasteiger partial charge in [-0.05, 0) is 42.0 Å². The van der Waals surface area contributed by atoms with Gasteiger partial charge in [-0.3, -0.25) is 4.79 Å². The maximum absolute atomic E-state index is 12.2. The second-order valence-corrected chi connectivity index (χ2v) is 6.17. The van der Waals surface area contributed by atoms with Crippen molar-refractivity contribution in [1.29, 1.82) is 5.26 Å². The smallest absolute Gasteiger partial charge is 0.259 e. The molecule has 0 aliphatic heterocycles. The molecule has 0 spiro atoms. The van der Waals surface area contributed by atoms with Crippen molar-refractivity contribution in [1.82, 2.24) is 9.97 Å². The summed E-state index contributed by atoms with van der Waals surface area (Å²) < 4.78 is 0. The summed E-state index contributed by atoms with van der Waals surface area (Å²) in [5.41, 5.74) is 2.36. The molecule has 0 saturated heterocycles. The molecular weight excluding hydrogens is 336 g/mol. The van der Waals surface area contributed by atoms with Gasteiger partial charge in [0.05, 0.1) is 16.5 Å². The maximum atomic E-state index is 12.2. The predicted molar refractivity (Wildman–Crippen MR) is 102 cm³/mol. The summed E-state index contributed by atoms with van der Waals surface area (Å²) in [6, 6.07) is 14.7. The van der Waals surface area contributed by atoms with Gasteiger partial charge in [0.1, 0.15) is 6.07 Å². The summed E-state index contributed by atoms with van der Waals surface area (Å²) >= 11 is 5.91. The summed E-state index contributed by atoms with van der Waals surface area (Å²) in [6.07, 6.45) is 1.69. The summed E-state index contributed by atoms with van der Waals surface area (Å²) in [5, 5.41) is 10.3. The first-order valence-corrected chi connectivity index (χ1v) is 7.95. The molecule has 0 aliphatic rings. The Morgan fingerprint density at radius 2 is 1.96 bits per heavy atom. The Morgan fingerprint density at radius 3 is 2.60 bits per heavy atom. The van der Waals surface area contributed by atoms with Crippen molar-refractivity contribution in [2.24, 2.45) is 0 Å². The molecule has 0 aliphatic carbocycles. The molecule has 2 aromatic carbocycles. The van der Waals surface area contributed by atoms with Crippen LogP contribution in [0.15, 0.2) is 47.3 Å². The van der Waals surface area contributed by atoms with Gasteiger partial charge in [-0.15, -0.1) is 0 Å². The quantitative estimate of drug-likeness (QED) is 0.731. The minimum Gasteiger partial charge on any atom is -0.378 e. The van der Waals surface area contributed by atoms with E-state index >= 15 is 0 Å². The van der Waals surface area contributed by atoms with Crippen LogP contribution in [0.1, 0.15) is 11.4 Å². The SMILES string of the molecule is CN(C)c1ccc(/C=C(\C#N)c2nc3ccc(Cl)cc3c(=O)[nH]2)cc1. The number of H-pyrrole nitrogens is 1. The highest BCUT2D eigenvalue weighted by Crippen LogP contribution is 2.19. The van der Waals surface area contributed by atoms with Gasteiger partial charge in [0, 0.05) is 24.8 Å². The lowest BCUT2D eigenvalue weighted by Crippen LogP contribution is -2.11. The highest BCUT2D eigenvalue weighted by molar-refractivity contribution is 6.31. The van der Waals surface area contributed by atoms with Gasteiger partial charge < -0.3 is 9.88 Å². The zero-order valence-electron chi connectivity index (χ0n) is 13.7. The molecule has 1 N–H and O–H groups in total. The first-order chi connectivity index (χ1) is 12.0. The Morgan fingerprint density at radius 1 is 1.24 bits per heavy atom. The maximum Gasteiger partial charge on any atom is 0.259 e. The Labute approximate surface area is 149 Å². The van der Waals surface area contributed by atoms with E-state index in [9.17, 15) is 10.1 Å². The third-order valence-corrected chi connectivity index (χ3v) is 4.00. The van der Waals surface area contributed by atoms with E-state index in [0.717, 1.165) is 11.3 Å². The molecule has 5 nitrogen and oxygen atoms in total. The van der Waals surface area contributed by atoms with Gasteiger partial charge in [0.25, 0.3) is 5.56 Å². The topological polar surface area (TPSA) is 72.8 Å². The molecule has 0 bridgehead atoms. The van der Waals surface area contributed by atoms with Crippen LogP contribution in [0.25, 0.3) is 22.6 Å². The fourth-order valence-electron chi connectivity index (χ4n) is 2.43. The second kappa shape index (κ2) is 6.80. The molecule has 0 radical (unpaired) electrons. The highest BCUT2D eigenvalue weighted by Gasteiger charge is 2.09. The minimum atomic E-state index is -0.327. The van der Waals surface area contributed by atoms with Crippen molar-refractivity contribution in [3.8, 4) is 6.07 Å². The van der Waals surface area contributed by atoms with Crippen molar-refractivity contribution in [2.45, 2.75) is 0 Å². The van der Waals surface area contributed by atoms with Crippen molar-refractivity contribution < 1.29 is 0 Å². The Kier molecular flexibility index (Phi) is 4.55. The lowest BCUT2D eigenvalue weighted by molar-refractivity contribution is 1.13. The summed E-state index contributed by atoms with van der Waals surface area (Å²) in [4.78, 5) is 21.3. The number of aromatic nitrogens is 2. The zero-order chi connectivity index (χ0) is 18.0. The van der Waals surface area contributed by atoms with Crippen LogP contribution in [-0.2, 0) is 0 Å². The van der Waals surface area contributed by atoms with Gasteiger partial charge in [-0.2, -0.15) is 5.26 Å². The van der Waals surface area contributed by atoms with E-state index in [1.807, 2.05) is 43.3 Å². The summed E-state index contributed by atoms with van der Waals surface area (Å²) in [5.74, 6) is 0.235. The molecule has 0 saturated carbocycles. The minimum absolute atomic E-state index is 0.235. The fourth-order valence-corrected chi connectivity index (χ4v) is 2.60. The third-order valence-electron chi connectivity index (χ3n) is 3.76. The van der Waals surface area contributed by atoms with Gasteiger partial charge in [-0.1, -0.05) is 23.7 Å². The van der Waals surface area contributed by atoms with E-state index in [-0.39, 0.29) is 17.0 Å². The number of hydrogen-bond acceptors (Lipinski definition) is 4. The number of hydrogen-bond donors (Lipinski definition) is 1. The Balaban J connectivity index is 2.06. The molecule has 0 atom stereocenters. The fraction of sp³-hybridized carbons (Fsp3) is 0.105. The number of anilines is 1. The normalized spacial score (nSPS) is 11.4.